The van der Waals surface area contributed by atoms with E-state index in [9.17, 15) is 10.2 Å². The molecular weight excluding hydrogens is 316 g/mol. The molecule has 0 aliphatic carbocycles. The summed E-state index contributed by atoms with van der Waals surface area (Å²) in [6.07, 6.45) is -1.01. The van der Waals surface area contributed by atoms with Crippen LogP contribution in [-0.4, -0.2) is 15.3 Å². The number of thiocarbonyl (C=S) groups is 1. The van der Waals surface area contributed by atoms with E-state index < -0.39 is 11.5 Å². The molecule has 3 aromatic rings. The van der Waals surface area contributed by atoms with E-state index in [1.54, 1.807) is 0 Å². The normalized spacial score (nSPS) is 12.5. The SMILES string of the molecule is OC(=S)C(c1ccccc1)(c1ccccc1)C(O)c1ccccc1. The second-order valence-corrected chi connectivity index (χ2v) is 6.05. The van der Waals surface area contributed by atoms with Gasteiger partial charge in [0.1, 0.15) is 11.5 Å². The third-order valence-electron chi connectivity index (χ3n) is 4.32. The molecule has 3 heteroatoms. The monoisotopic (exact) mass is 334 g/mol. The van der Waals surface area contributed by atoms with Crippen molar-refractivity contribution in [1.29, 1.82) is 0 Å². The lowest BCUT2D eigenvalue weighted by molar-refractivity contribution is 0.128. The maximum absolute atomic E-state index is 11.3. The lowest BCUT2D eigenvalue weighted by Crippen LogP contribution is -2.42. The van der Waals surface area contributed by atoms with E-state index in [-0.39, 0.29) is 5.05 Å². The molecule has 3 rings (SSSR count). The molecule has 0 spiro atoms. The Morgan fingerprint density at radius 2 is 1.08 bits per heavy atom. The fraction of sp³-hybridized carbons (Fsp3) is 0.0952. The summed E-state index contributed by atoms with van der Waals surface area (Å²) in [6, 6.07) is 28.1. The quantitative estimate of drug-likeness (QED) is 0.670. The van der Waals surface area contributed by atoms with E-state index in [1.807, 2.05) is 91.0 Å². The molecule has 120 valence electrons. The Morgan fingerprint density at radius 3 is 1.46 bits per heavy atom. The second-order valence-electron chi connectivity index (χ2n) is 5.66. The molecule has 0 amide bonds. The van der Waals surface area contributed by atoms with Gasteiger partial charge >= 0.3 is 0 Å². The van der Waals surface area contributed by atoms with Crippen LogP contribution in [0.5, 0.6) is 0 Å². The van der Waals surface area contributed by atoms with E-state index in [1.165, 1.54) is 0 Å². The first-order valence-corrected chi connectivity index (χ1v) is 8.15. The van der Waals surface area contributed by atoms with Crippen molar-refractivity contribution in [1.82, 2.24) is 0 Å². The number of rotatable bonds is 5. The molecule has 0 radical (unpaired) electrons. The zero-order valence-electron chi connectivity index (χ0n) is 13.0. The largest absolute Gasteiger partial charge is 0.501 e. The van der Waals surface area contributed by atoms with Crippen molar-refractivity contribution in [2.45, 2.75) is 11.5 Å². The molecule has 0 bridgehead atoms. The van der Waals surface area contributed by atoms with Gasteiger partial charge in [-0.25, -0.2) is 0 Å². The number of hydrogen-bond acceptors (Lipinski definition) is 2. The summed E-state index contributed by atoms with van der Waals surface area (Å²) in [5.74, 6) is 0. The molecule has 0 aliphatic rings. The topological polar surface area (TPSA) is 40.5 Å². The highest BCUT2D eigenvalue weighted by atomic mass is 32.1. The fourth-order valence-corrected chi connectivity index (χ4v) is 3.48. The van der Waals surface area contributed by atoms with Crippen LogP contribution < -0.4 is 0 Å². The predicted octanol–water partition coefficient (Wildman–Crippen LogP) is 4.59. The van der Waals surface area contributed by atoms with Crippen molar-refractivity contribution < 1.29 is 10.2 Å². The average Bonchev–Trinajstić information content (AvgIpc) is 2.64. The molecule has 0 aromatic heterocycles. The third-order valence-corrected chi connectivity index (χ3v) is 4.64. The Morgan fingerprint density at radius 1 is 0.708 bits per heavy atom. The van der Waals surface area contributed by atoms with Crippen molar-refractivity contribution >= 4 is 17.3 Å². The van der Waals surface area contributed by atoms with Gasteiger partial charge in [0.2, 0.25) is 0 Å². The van der Waals surface area contributed by atoms with Crippen LogP contribution in [0.25, 0.3) is 0 Å². The van der Waals surface area contributed by atoms with Gasteiger partial charge in [0.15, 0.2) is 5.05 Å². The minimum Gasteiger partial charge on any atom is -0.501 e. The van der Waals surface area contributed by atoms with E-state index in [0.29, 0.717) is 5.56 Å². The highest BCUT2D eigenvalue weighted by Gasteiger charge is 2.46. The average molecular weight is 334 g/mol. The standard InChI is InChI=1S/C21H18O2S/c22-19(16-10-4-1-5-11-16)21(20(23)24,17-12-6-2-7-13-17)18-14-8-3-9-15-18/h1-15,19,22H,(H,23,24). The molecule has 24 heavy (non-hydrogen) atoms. The van der Waals surface area contributed by atoms with Crippen LogP contribution in [0.2, 0.25) is 0 Å². The van der Waals surface area contributed by atoms with Crippen LogP contribution in [-0.2, 0) is 5.41 Å². The molecule has 2 N–H and O–H groups in total. The molecule has 0 saturated heterocycles. The van der Waals surface area contributed by atoms with Crippen molar-refractivity contribution in [3.63, 3.8) is 0 Å². The first-order valence-electron chi connectivity index (χ1n) is 7.75. The molecule has 1 unspecified atom stereocenters. The van der Waals surface area contributed by atoms with E-state index in [4.69, 9.17) is 12.2 Å². The van der Waals surface area contributed by atoms with Crippen LogP contribution in [0.4, 0.5) is 0 Å². The molecule has 0 saturated carbocycles. The Labute approximate surface area is 147 Å². The van der Waals surface area contributed by atoms with Gasteiger partial charge in [-0.05, 0) is 28.9 Å². The minimum atomic E-state index is -1.21. The van der Waals surface area contributed by atoms with Gasteiger partial charge in [0, 0.05) is 0 Å². The summed E-state index contributed by atoms with van der Waals surface area (Å²) in [5, 5.41) is 21.6. The number of hydrogen-bond donors (Lipinski definition) is 2. The van der Waals surface area contributed by atoms with Crippen LogP contribution in [0, 0.1) is 0 Å². The first-order chi connectivity index (χ1) is 11.7. The lowest BCUT2D eigenvalue weighted by Gasteiger charge is -2.37. The fourth-order valence-electron chi connectivity index (χ4n) is 3.13. The Balaban J connectivity index is 2.29. The molecule has 0 aliphatic heterocycles. The van der Waals surface area contributed by atoms with Crippen LogP contribution in [0.15, 0.2) is 91.0 Å². The highest BCUT2D eigenvalue weighted by molar-refractivity contribution is 7.80. The van der Waals surface area contributed by atoms with Crippen molar-refractivity contribution in [2.24, 2.45) is 0 Å². The molecule has 0 fully saturated rings. The molecule has 2 nitrogen and oxygen atoms in total. The van der Waals surface area contributed by atoms with Crippen LogP contribution in [0.3, 0.4) is 0 Å². The molecule has 3 aromatic carbocycles. The van der Waals surface area contributed by atoms with Gasteiger partial charge in [-0.2, -0.15) is 0 Å². The van der Waals surface area contributed by atoms with Gasteiger partial charge in [-0.15, -0.1) is 0 Å². The van der Waals surface area contributed by atoms with Gasteiger partial charge in [0.25, 0.3) is 0 Å². The van der Waals surface area contributed by atoms with Gasteiger partial charge in [-0.3, -0.25) is 0 Å². The van der Waals surface area contributed by atoms with Crippen LogP contribution >= 0.6 is 12.2 Å². The zero-order valence-corrected chi connectivity index (χ0v) is 13.9. The van der Waals surface area contributed by atoms with Gasteiger partial charge in [-0.1, -0.05) is 91.0 Å². The Hall–Kier alpha value is -2.49. The number of aliphatic hydroxyl groups excluding tert-OH is 2. The number of aliphatic hydroxyl groups is 2. The van der Waals surface area contributed by atoms with Gasteiger partial charge < -0.3 is 10.2 Å². The summed E-state index contributed by atoms with van der Waals surface area (Å²) in [6.45, 7) is 0. The molecule has 1 atom stereocenters. The van der Waals surface area contributed by atoms with Crippen molar-refractivity contribution in [3.05, 3.63) is 108 Å². The predicted molar refractivity (Wildman–Crippen MR) is 100 cm³/mol. The van der Waals surface area contributed by atoms with Crippen molar-refractivity contribution in [3.8, 4) is 0 Å². The minimum absolute atomic E-state index is 0.253. The highest BCUT2D eigenvalue weighted by Crippen LogP contribution is 2.44. The maximum atomic E-state index is 11.3. The van der Waals surface area contributed by atoms with E-state index >= 15 is 0 Å². The molecular formula is C21H18O2S. The zero-order chi connectivity index (χ0) is 17.0. The summed E-state index contributed by atoms with van der Waals surface area (Å²) < 4.78 is 0. The summed E-state index contributed by atoms with van der Waals surface area (Å²) in [5.41, 5.74) is 0.987. The molecule has 0 heterocycles. The second kappa shape index (κ2) is 6.95. The number of benzene rings is 3. The summed E-state index contributed by atoms with van der Waals surface area (Å²) in [7, 11) is 0. The lowest BCUT2D eigenvalue weighted by atomic mass is 9.69. The van der Waals surface area contributed by atoms with Gasteiger partial charge in [0.05, 0.1) is 0 Å². The van der Waals surface area contributed by atoms with E-state index in [0.717, 1.165) is 11.1 Å². The maximum Gasteiger partial charge on any atom is 0.174 e. The Bertz CT molecular complexity index is 762. The Kier molecular flexibility index (Phi) is 4.74. The summed E-state index contributed by atoms with van der Waals surface area (Å²) >= 11 is 5.26. The third kappa shape index (κ3) is 2.73. The van der Waals surface area contributed by atoms with E-state index in [2.05, 4.69) is 0 Å². The summed E-state index contributed by atoms with van der Waals surface area (Å²) in [4.78, 5) is 0. The van der Waals surface area contributed by atoms with Crippen molar-refractivity contribution in [2.75, 3.05) is 0 Å². The smallest absolute Gasteiger partial charge is 0.174 e. The van der Waals surface area contributed by atoms with Crippen LogP contribution in [0.1, 0.15) is 22.8 Å². The first kappa shape index (κ1) is 16.4.